The Balaban J connectivity index is 1.78. The molecule has 0 radical (unpaired) electrons. The topological polar surface area (TPSA) is 49.9 Å². The summed E-state index contributed by atoms with van der Waals surface area (Å²) in [5, 5.41) is 0. The van der Waals surface area contributed by atoms with Gasteiger partial charge < -0.3 is 14.5 Å². The number of nitrogens with zero attached hydrogens (tertiary/aromatic N) is 2. The number of hydrogen-bond donors (Lipinski definition) is 0. The summed E-state index contributed by atoms with van der Waals surface area (Å²) in [7, 11) is 0. The highest BCUT2D eigenvalue weighted by Crippen LogP contribution is 2.21. The van der Waals surface area contributed by atoms with Crippen molar-refractivity contribution >= 4 is 23.4 Å². The first kappa shape index (κ1) is 20.6. The molecule has 0 unspecified atom stereocenters. The van der Waals surface area contributed by atoms with Crippen molar-refractivity contribution in [3.63, 3.8) is 0 Å². The van der Waals surface area contributed by atoms with Crippen LogP contribution in [-0.4, -0.2) is 60.3 Å². The molecule has 1 aromatic rings. The largest absolute Gasteiger partial charge is 0.484 e. The Morgan fingerprint density at radius 3 is 2.19 bits per heavy atom. The van der Waals surface area contributed by atoms with E-state index in [2.05, 4.69) is 6.92 Å². The second-order valence-electron chi connectivity index (χ2n) is 7.37. The Kier molecular flexibility index (Phi) is 7.33. The Morgan fingerprint density at radius 1 is 1.08 bits per heavy atom. The summed E-state index contributed by atoms with van der Waals surface area (Å²) in [4.78, 5) is 28.3. The second-order valence-corrected chi connectivity index (χ2v) is 7.64. The van der Waals surface area contributed by atoms with Crippen molar-refractivity contribution < 1.29 is 14.3 Å². The van der Waals surface area contributed by atoms with Crippen LogP contribution in [0, 0.1) is 5.41 Å². The average Bonchev–Trinajstić information content (AvgIpc) is 2.67. The SMILES string of the molecule is CCCc1ccc(OCC(=O)N2CCN(C(=O)C(C)(C)CCl)CC2)cc1. The number of carbonyl (C=O) groups excluding carboxylic acids is 2. The fraction of sp³-hybridized carbons (Fsp3) is 0.600. The molecule has 2 rings (SSSR count). The maximum absolute atomic E-state index is 12.4. The molecule has 0 aliphatic carbocycles. The molecule has 1 saturated heterocycles. The fourth-order valence-corrected chi connectivity index (χ4v) is 3.04. The fourth-order valence-electron chi connectivity index (χ4n) is 2.92. The van der Waals surface area contributed by atoms with E-state index in [4.69, 9.17) is 16.3 Å². The van der Waals surface area contributed by atoms with Crippen LogP contribution >= 0.6 is 11.6 Å². The van der Waals surface area contributed by atoms with E-state index in [9.17, 15) is 9.59 Å². The molecule has 1 aliphatic rings. The third-order valence-electron chi connectivity index (χ3n) is 4.66. The minimum Gasteiger partial charge on any atom is -0.484 e. The Labute approximate surface area is 161 Å². The van der Waals surface area contributed by atoms with Crippen LogP contribution in [0.5, 0.6) is 5.75 Å². The van der Waals surface area contributed by atoms with Gasteiger partial charge in [0.2, 0.25) is 5.91 Å². The molecular weight excluding hydrogens is 352 g/mol. The molecule has 1 fully saturated rings. The van der Waals surface area contributed by atoms with Crippen LogP contribution in [-0.2, 0) is 16.0 Å². The van der Waals surface area contributed by atoms with Gasteiger partial charge in [0, 0.05) is 32.1 Å². The third-order valence-corrected chi connectivity index (χ3v) is 5.33. The maximum atomic E-state index is 12.4. The van der Waals surface area contributed by atoms with Gasteiger partial charge in [-0.05, 0) is 38.0 Å². The van der Waals surface area contributed by atoms with Gasteiger partial charge in [0.15, 0.2) is 6.61 Å². The molecule has 144 valence electrons. The van der Waals surface area contributed by atoms with Crippen LogP contribution in [0.3, 0.4) is 0 Å². The molecule has 1 heterocycles. The number of carbonyl (C=O) groups is 2. The molecule has 6 heteroatoms. The molecule has 0 atom stereocenters. The minimum absolute atomic E-state index is 0.0221. The van der Waals surface area contributed by atoms with Crippen molar-refractivity contribution in [1.82, 2.24) is 9.80 Å². The Hall–Kier alpha value is -1.75. The number of halogens is 1. The smallest absolute Gasteiger partial charge is 0.260 e. The summed E-state index contributed by atoms with van der Waals surface area (Å²) >= 11 is 5.88. The minimum atomic E-state index is -0.569. The number of benzene rings is 1. The van der Waals surface area contributed by atoms with Gasteiger partial charge in [0.05, 0.1) is 5.41 Å². The van der Waals surface area contributed by atoms with Gasteiger partial charge in [-0.25, -0.2) is 0 Å². The van der Waals surface area contributed by atoms with Gasteiger partial charge >= 0.3 is 0 Å². The van der Waals surface area contributed by atoms with Gasteiger partial charge in [-0.15, -0.1) is 11.6 Å². The third kappa shape index (κ3) is 5.37. The molecule has 0 bridgehead atoms. The average molecular weight is 381 g/mol. The van der Waals surface area contributed by atoms with E-state index < -0.39 is 5.41 Å². The molecule has 26 heavy (non-hydrogen) atoms. The molecular formula is C20H29ClN2O3. The highest BCUT2D eigenvalue weighted by Gasteiger charge is 2.33. The van der Waals surface area contributed by atoms with E-state index in [0.717, 1.165) is 12.8 Å². The van der Waals surface area contributed by atoms with Crippen molar-refractivity contribution in [2.24, 2.45) is 5.41 Å². The van der Waals surface area contributed by atoms with E-state index in [-0.39, 0.29) is 24.3 Å². The number of hydrogen-bond acceptors (Lipinski definition) is 3. The lowest BCUT2D eigenvalue weighted by Crippen LogP contribution is -2.54. The van der Waals surface area contributed by atoms with Crippen LogP contribution in [0.25, 0.3) is 0 Å². The number of rotatable bonds is 7. The summed E-state index contributed by atoms with van der Waals surface area (Å²) < 4.78 is 5.61. The highest BCUT2D eigenvalue weighted by atomic mass is 35.5. The van der Waals surface area contributed by atoms with E-state index in [0.29, 0.717) is 31.9 Å². The molecule has 0 N–H and O–H groups in total. The predicted molar refractivity (Wildman–Crippen MR) is 104 cm³/mol. The van der Waals surface area contributed by atoms with E-state index in [1.807, 2.05) is 38.1 Å². The first-order chi connectivity index (χ1) is 12.4. The zero-order chi connectivity index (χ0) is 19.2. The quantitative estimate of drug-likeness (QED) is 0.683. The number of aryl methyl sites for hydroxylation is 1. The zero-order valence-electron chi connectivity index (χ0n) is 16.0. The number of amides is 2. The molecule has 5 nitrogen and oxygen atoms in total. The van der Waals surface area contributed by atoms with Crippen LogP contribution in [0.4, 0.5) is 0 Å². The van der Waals surface area contributed by atoms with Crippen molar-refractivity contribution in [3.05, 3.63) is 29.8 Å². The first-order valence-corrected chi connectivity index (χ1v) is 9.75. The van der Waals surface area contributed by atoms with Crippen LogP contribution < -0.4 is 4.74 Å². The highest BCUT2D eigenvalue weighted by molar-refractivity contribution is 6.19. The van der Waals surface area contributed by atoms with Gasteiger partial charge in [-0.1, -0.05) is 25.5 Å². The van der Waals surface area contributed by atoms with Gasteiger partial charge in [-0.2, -0.15) is 0 Å². The summed E-state index contributed by atoms with van der Waals surface area (Å²) in [5.41, 5.74) is 0.702. The second kappa shape index (κ2) is 9.26. The summed E-state index contributed by atoms with van der Waals surface area (Å²) in [6.07, 6.45) is 2.15. The first-order valence-electron chi connectivity index (χ1n) is 9.22. The normalized spacial score (nSPS) is 15.1. The maximum Gasteiger partial charge on any atom is 0.260 e. The van der Waals surface area contributed by atoms with Crippen LogP contribution in [0.2, 0.25) is 0 Å². The van der Waals surface area contributed by atoms with Crippen molar-refractivity contribution in [2.75, 3.05) is 38.7 Å². The van der Waals surface area contributed by atoms with Crippen molar-refractivity contribution in [3.8, 4) is 5.75 Å². The van der Waals surface area contributed by atoms with Crippen molar-refractivity contribution in [1.29, 1.82) is 0 Å². The molecule has 1 aromatic carbocycles. The monoisotopic (exact) mass is 380 g/mol. The lowest BCUT2D eigenvalue weighted by Gasteiger charge is -2.38. The predicted octanol–water partition coefficient (Wildman–Crippen LogP) is 2.95. The van der Waals surface area contributed by atoms with Crippen molar-refractivity contribution in [2.45, 2.75) is 33.6 Å². The molecule has 0 aromatic heterocycles. The number of alkyl halides is 1. The van der Waals surface area contributed by atoms with E-state index in [1.165, 1.54) is 5.56 Å². The molecule has 0 spiro atoms. The van der Waals surface area contributed by atoms with E-state index in [1.54, 1.807) is 9.80 Å². The molecule has 1 aliphatic heterocycles. The lowest BCUT2D eigenvalue weighted by molar-refractivity contribution is -0.145. The molecule has 2 amide bonds. The zero-order valence-corrected chi connectivity index (χ0v) is 16.7. The van der Waals surface area contributed by atoms with Crippen LogP contribution in [0.15, 0.2) is 24.3 Å². The van der Waals surface area contributed by atoms with Crippen LogP contribution in [0.1, 0.15) is 32.8 Å². The van der Waals surface area contributed by atoms with Gasteiger partial charge in [0.25, 0.3) is 5.91 Å². The number of ether oxygens (including phenoxy) is 1. The number of piperazine rings is 1. The summed E-state index contributed by atoms with van der Waals surface area (Å²) in [6, 6.07) is 7.88. The van der Waals surface area contributed by atoms with Gasteiger partial charge in [0.1, 0.15) is 5.75 Å². The Morgan fingerprint density at radius 2 is 1.65 bits per heavy atom. The lowest BCUT2D eigenvalue weighted by atomic mass is 9.94. The Bertz CT molecular complexity index is 608. The summed E-state index contributed by atoms with van der Waals surface area (Å²) in [6.45, 7) is 8.00. The summed E-state index contributed by atoms with van der Waals surface area (Å²) in [5.74, 6) is 0.987. The standard InChI is InChI=1S/C20H29ClN2O3/c1-4-5-16-6-8-17(9-7-16)26-14-18(24)22-10-12-23(13-11-22)19(25)20(2,3)15-21/h6-9H,4-5,10-15H2,1-3H3. The van der Waals surface area contributed by atoms with Gasteiger partial charge in [-0.3, -0.25) is 9.59 Å². The molecule has 0 saturated carbocycles. The van der Waals surface area contributed by atoms with E-state index >= 15 is 0 Å².